The molecule has 0 saturated heterocycles. The molecular weight excluding hydrogens is 231 g/mol. The molecule has 16 heavy (non-hydrogen) atoms. The fourth-order valence-electron chi connectivity index (χ4n) is 1.32. The molecule has 4 nitrogen and oxygen atoms in total. The number of halogens is 2. The average molecular weight is 237 g/mol. The van der Waals surface area contributed by atoms with Gasteiger partial charge in [0.25, 0.3) is 0 Å². The molecule has 0 amide bonds. The summed E-state index contributed by atoms with van der Waals surface area (Å²) in [7, 11) is 0. The van der Waals surface area contributed by atoms with Crippen molar-refractivity contribution < 1.29 is 4.39 Å². The fourth-order valence-corrected chi connectivity index (χ4v) is 1.53. The zero-order valence-corrected chi connectivity index (χ0v) is 9.03. The molecule has 2 rings (SSSR count). The quantitative estimate of drug-likeness (QED) is 0.763. The van der Waals surface area contributed by atoms with E-state index in [0.717, 1.165) is 0 Å². The summed E-state index contributed by atoms with van der Waals surface area (Å²) in [5.74, 6) is -0.492. The molecule has 0 N–H and O–H groups in total. The molecule has 0 saturated carbocycles. The summed E-state index contributed by atoms with van der Waals surface area (Å²) < 4.78 is 14.8. The predicted octanol–water partition coefficient (Wildman–Crippen LogP) is 2.24. The van der Waals surface area contributed by atoms with Crippen molar-refractivity contribution in [2.24, 2.45) is 0 Å². The molecule has 1 aromatic heterocycles. The smallest absolute Gasteiger partial charge is 0.183 e. The first kappa shape index (κ1) is 10.6. The second-order valence-electron chi connectivity index (χ2n) is 3.17. The summed E-state index contributed by atoms with van der Waals surface area (Å²) in [6.45, 7) is 1.59. The lowest BCUT2D eigenvalue weighted by Crippen LogP contribution is -2.00. The zero-order chi connectivity index (χ0) is 11.7. The molecule has 0 spiro atoms. The van der Waals surface area contributed by atoms with Crippen molar-refractivity contribution in [2.45, 2.75) is 6.92 Å². The van der Waals surface area contributed by atoms with E-state index in [0.29, 0.717) is 11.3 Å². The summed E-state index contributed by atoms with van der Waals surface area (Å²) in [5, 5.41) is 16.0. The van der Waals surface area contributed by atoms with E-state index in [1.165, 1.54) is 16.9 Å². The van der Waals surface area contributed by atoms with E-state index < -0.39 is 5.82 Å². The van der Waals surface area contributed by atoms with Crippen molar-refractivity contribution in [2.75, 3.05) is 0 Å². The van der Waals surface area contributed by atoms with E-state index in [9.17, 15) is 4.39 Å². The van der Waals surface area contributed by atoms with Crippen LogP contribution in [0.1, 0.15) is 11.3 Å². The third kappa shape index (κ3) is 1.64. The molecule has 0 aliphatic carbocycles. The molecule has 0 bridgehead atoms. The van der Waals surface area contributed by atoms with Crippen LogP contribution < -0.4 is 0 Å². The van der Waals surface area contributed by atoms with Crippen molar-refractivity contribution in [3.05, 3.63) is 40.4 Å². The average Bonchev–Trinajstić information content (AvgIpc) is 2.74. The second kappa shape index (κ2) is 3.91. The molecule has 0 aliphatic rings. The number of benzene rings is 1. The minimum Gasteiger partial charge on any atom is -0.219 e. The van der Waals surface area contributed by atoms with Crippen molar-refractivity contribution >= 4 is 11.6 Å². The fraction of sp³-hybridized carbons (Fsp3) is 0.100. The number of nitriles is 1. The van der Waals surface area contributed by atoms with Crippen LogP contribution in [0.3, 0.4) is 0 Å². The first-order valence-corrected chi connectivity index (χ1v) is 4.78. The lowest BCUT2D eigenvalue weighted by Gasteiger charge is -2.06. The van der Waals surface area contributed by atoms with Crippen LogP contribution in [0.5, 0.6) is 0 Å². The maximum atomic E-state index is 13.5. The van der Waals surface area contributed by atoms with Gasteiger partial charge >= 0.3 is 0 Å². The van der Waals surface area contributed by atoms with Gasteiger partial charge in [0.2, 0.25) is 0 Å². The highest BCUT2D eigenvalue weighted by molar-refractivity contribution is 6.30. The third-order valence-corrected chi connectivity index (χ3v) is 2.46. The Kier molecular flexibility index (Phi) is 2.59. The Bertz CT molecular complexity index is 585. The van der Waals surface area contributed by atoms with Gasteiger partial charge in [-0.2, -0.15) is 5.26 Å². The van der Waals surface area contributed by atoms with Gasteiger partial charge < -0.3 is 0 Å². The number of hydrogen-bond donors (Lipinski definition) is 0. The summed E-state index contributed by atoms with van der Waals surface area (Å²) in [6, 6.07) is 4.91. The molecule has 2 aromatic rings. The normalized spacial score (nSPS) is 10.1. The largest absolute Gasteiger partial charge is 0.219 e. The van der Waals surface area contributed by atoms with Gasteiger partial charge in [-0.05, 0) is 19.1 Å². The van der Waals surface area contributed by atoms with Gasteiger partial charge in [0.15, 0.2) is 5.69 Å². The Balaban J connectivity index is 2.57. The van der Waals surface area contributed by atoms with E-state index in [2.05, 4.69) is 10.3 Å². The van der Waals surface area contributed by atoms with Gasteiger partial charge in [0, 0.05) is 5.56 Å². The first-order chi connectivity index (χ1) is 7.63. The van der Waals surface area contributed by atoms with Crippen LogP contribution in [0.2, 0.25) is 5.02 Å². The van der Waals surface area contributed by atoms with Crippen molar-refractivity contribution in [1.29, 1.82) is 5.26 Å². The minimum absolute atomic E-state index is 0.0573. The van der Waals surface area contributed by atoms with Crippen LogP contribution in [0, 0.1) is 24.1 Å². The van der Waals surface area contributed by atoms with Crippen LogP contribution in [-0.2, 0) is 0 Å². The number of nitrogens with zero attached hydrogens (tertiary/aromatic N) is 4. The molecule has 1 aromatic carbocycles. The summed E-state index contributed by atoms with van der Waals surface area (Å²) >= 11 is 5.63. The van der Waals surface area contributed by atoms with Crippen molar-refractivity contribution in [3.63, 3.8) is 0 Å². The highest BCUT2D eigenvalue weighted by Crippen LogP contribution is 2.23. The van der Waals surface area contributed by atoms with Gasteiger partial charge in [-0.1, -0.05) is 16.8 Å². The van der Waals surface area contributed by atoms with Gasteiger partial charge in [-0.3, -0.25) is 0 Å². The minimum atomic E-state index is -0.492. The Morgan fingerprint density at radius 3 is 2.88 bits per heavy atom. The van der Waals surface area contributed by atoms with E-state index in [1.807, 2.05) is 6.07 Å². The van der Waals surface area contributed by atoms with Crippen LogP contribution in [0.15, 0.2) is 18.3 Å². The van der Waals surface area contributed by atoms with Gasteiger partial charge in [0.1, 0.15) is 11.9 Å². The van der Waals surface area contributed by atoms with Gasteiger partial charge in [-0.25, -0.2) is 9.07 Å². The Labute approximate surface area is 95.9 Å². The van der Waals surface area contributed by atoms with Gasteiger partial charge in [0.05, 0.1) is 16.9 Å². The van der Waals surface area contributed by atoms with Gasteiger partial charge in [-0.15, -0.1) is 5.10 Å². The predicted molar refractivity (Wildman–Crippen MR) is 55.8 cm³/mol. The van der Waals surface area contributed by atoms with E-state index in [4.69, 9.17) is 16.9 Å². The van der Waals surface area contributed by atoms with Crippen molar-refractivity contribution in [3.8, 4) is 11.8 Å². The van der Waals surface area contributed by atoms with E-state index >= 15 is 0 Å². The molecule has 6 heteroatoms. The monoisotopic (exact) mass is 236 g/mol. The number of hydrogen-bond acceptors (Lipinski definition) is 3. The Hall–Kier alpha value is -1.93. The third-order valence-electron chi connectivity index (χ3n) is 2.17. The van der Waals surface area contributed by atoms with Crippen LogP contribution >= 0.6 is 11.6 Å². The molecular formula is C10H6ClFN4. The highest BCUT2D eigenvalue weighted by atomic mass is 35.5. The van der Waals surface area contributed by atoms with Crippen LogP contribution in [0.25, 0.3) is 5.69 Å². The van der Waals surface area contributed by atoms with E-state index in [-0.39, 0.29) is 10.7 Å². The van der Waals surface area contributed by atoms with E-state index in [1.54, 1.807) is 13.0 Å². The zero-order valence-electron chi connectivity index (χ0n) is 8.28. The Morgan fingerprint density at radius 1 is 1.50 bits per heavy atom. The van der Waals surface area contributed by atoms with Crippen LogP contribution in [-0.4, -0.2) is 15.0 Å². The highest BCUT2D eigenvalue weighted by Gasteiger charge is 2.11. The lowest BCUT2D eigenvalue weighted by atomic mass is 10.2. The van der Waals surface area contributed by atoms with Crippen LogP contribution in [0.4, 0.5) is 4.39 Å². The topological polar surface area (TPSA) is 54.5 Å². The Morgan fingerprint density at radius 2 is 2.25 bits per heavy atom. The second-order valence-corrected chi connectivity index (χ2v) is 3.57. The molecule has 1 heterocycles. The SMILES string of the molecule is Cc1c(-n2cc(C#N)nn2)ccc(Cl)c1F. The molecule has 0 fully saturated rings. The maximum absolute atomic E-state index is 13.5. The summed E-state index contributed by atoms with van der Waals surface area (Å²) in [4.78, 5) is 0. The summed E-state index contributed by atoms with van der Waals surface area (Å²) in [5.41, 5.74) is 1.05. The standard InChI is InChI=1S/C10H6ClFN4/c1-6-9(3-2-8(11)10(6)12)16-5-7(4-13)14-15-16/h2-3,5H,1H3. The number of rotatable bonds is 1. The molecule has 0 radical (unpaired) electrons. The summed E-state index contributed by atoms with van der Waals surface area (Å²) in [6.07, 6.45) is 1.43. The lowest BCUT2D eigenvalue weighted by molar-refractivity contribution is 0.615. The molecule has 0 unspecified atom stereocenters. The molecule has 0 aliphatic heterocycles. The molecule has 80 valence electrons. The first-order valence-electron chi connectivity index (χ1n) is 4.41. The molecule has 0 atom stereocenters. The maximum Gasteiger partial charge on any atom is 0.183 e. The van der Waals surface area contributed by atoms with Crippen molar-refractivity contribution in [1.82, 2.24) is 15.0 Å². The number of aromatic nitrogens is 3.